The van der Waals surface area contributed by atoms with Gasteiger partial charge in [-0.2, -0.15) is 10.1 Å². The molecular weight excluding hydrogens is 258 g/mol. The molecule has 20 heavy (non-hydrogen) atoms. The van der Waals surface area contributed by atoms with Gasteiger partial charge in [0.05, 0.1) is 11.8 Å². The fourth-order valence-electron chi connectivity index (χ4n) is 2.30. The van der Waals surface area contributed by atoms with Gasteiger partial charge < -0.3 is 14.7 Å². The number of nitrogens with two attached hydrogens (primary N) is 1. The highest BCUT2D eigenvalue weighted by Gasteiger charge is 2.39. The Labute approximate surface area is 114 Å². The molecule has 4 rings (SSSR count). The van der Waals surface area contributed by atoms with Gasteiger partial charge in [0, 0.05) is 6.07 Å². The second kappa shape index (κ2) is 4.04. The summed E-state index contributed by atoms with van der Waals surface area (Å²) in [6, 6.07) is 5.45. The predicted octanol–water partition coefficient (Wildman–Crippen LogP) is 2.06. The molecule has 0 aromatic carbocycles. The smallest absolute Gasteiger partial charge is 0.276 e. The summed E-state index contributed by atoms with van der Waals surface area (Å²) in [6.45, 7) is 0. The molecule has 0 atom stereocenters. The molecule has 1 aliphatic rings. The number of aromatic nitrogens is 4. The Kier molecular flexibility index (Phi) is 2.31. The van der Waals surface area contributed by atoms with Crippen LogP contribution in [0.3, 0.4) is 0 Å². The highest BCUT2D eigenvalue weighted by atomic mass is 16.5. The topological polar surface area (TPSA) is 107 Å². The largest absolute Gasteiger partial charge is 0.463 e. The van der Waals surface area contributed by atoms with Crippen molar-refractivity contribution in [1.29, 1.82) is 0 Å². The van der Waals surface area contributed by atoms with Crippen LogP contribution in [0.1, 0.15) is 25.1 Å². The number of H-pyrrole nitrogens is 1. The van der Waals surface area contributed by atoms with Crippen LogP contribution in [0.25, 0.3) is 23.0 Å². The van der Waals surface area contributed by atoms with Gasteiger partial charge >= 0.3 is 0 Å². The molecule has 0 bridgehead atoms. The Morgan fingerprint density at radius 3 is 2.95 bits per heavy atom. The van der Waals surface area contributed by atoms with Crippen molar-refractivity contribution in [3.05, 3.63) is 30.3 Å². The fraction of sp³-hybridized carbons (Fsp3) is 0.308. The molecule has 3 heterocycles. The maximum absolute atomic E-state index is 6.17. The first-order valence-electron chi connectivity index (χ1n) is 6.47. The van der Waals surface area contributed by atoms with Crippen LogP contribution in [0.5, 0.6) is 0 Å². The minimum Gasteiger partial charge on any atom is -0.463 e. The van der Waals surface area contributed by atoms with Gasteiger partial charge in [0.15, 0.2) is 11.6 Å². The van der Waals surface area contributed by atoms with Crippen molar-refractivity contribution in [2.24, 2.45) is 5.73 Å². The third-order valence-electron chi connectivity index (χ3n) is 3.70. The van der Waals surface area contributed by atoms with E-state index in [1.165, 1.54) is 0 Å². The Balaban J connectivity index is 1.65. The number of nitrogens with zero attached hydrogens (tertiary/aromatic N) is 3. The minimum absolute atomic E-state index is 0.391. The highest BCUT2D eigenvalue weighted by molar-refractivity contribution is 5.59. The Hall–Kier alpha value is -2.41. The number of furan rings is 1. The molecule has 102 valence electrons. The maximum Gasteiger partial charge on any atom is 0.276 e. The van der Waals surface area contributed by atoms with E-state index in [1.807, 2.05) is 12.1 Å². The van der Waals surface area contributed by atoms with Crippen LogP contribution in [-0.2, 0) is 5.54 Å². The lowest BCUT2D eigenvalue weighted by atomic mass is 9.77. The average Bonchev–Trinajstić information content (AvgIpc) is 3.13. The molecule has 0 unspecified atom stereocenters. The van der Waals surface area contributed by atoms with Gasteiger partial charge in [-0.1, -0.05) is 5.16 Å². The summed E-state index contributed by atoms with van der Waals surface area (Å²) >= 11 is 0. The van der Waals surface area contributed by atoms with Crippen molar-refractivity contribution < 1.29 is 8.94 Å². The van der Waals surface area contributed by atoms with E-state index >= 15 is 0 Å². The van der Waals surface area contributed by atoms with Crippen LogP contribution in [0.15, 0.2) is 33.4 Å². The zero-order valence-electron chi connectivity index (χ0n) is 10.7. The summed E-state index contributed by atoms with van der Waals surface area (Å²) in [6.07, 6.45) is 4.50. The van der Waals surface area contributed by atoms with Crippen molar-refractivity contribution in [3.63, 3.8) is 0 Å². The third kappa shape index (κ3) is 1.67. The van der Waals surface area contributed by atoms with Gasteiger partial charge in [-0.15, -0.1) is 0 Å². The van der Waals surface area contributed by atoms with E-state index in [4.69, 9.17) is 14.7 Å². The molecule has 0 aliphatic heterocycles. The van der Waals surface area contributed by atoms with Gasteiger partial charge in [0.1, 0.15) is 11.4 Å². The van der Waals surface area contributed by atoms with Gasteiger partial charge in [-0.3, -0.25) is 5.10 Å². The number of hydrogen-bond acceptors (Lipinski definition) is 6. The first-order chi connectivity index (χ1) is 9.74. The van der Waals surface area contributed by atoms with Crippen LogP contribution >= 0.6 is 0 Å². The molecular formula is C13H13N5O2. The van der Waals surface area contributed by atoms with Crippen LogP contribution < -0.4 is 5.73 Å². The molecule has 0 amide bonds. The molecule has 1 aliphatic carbocycles. The van der Waals surface area contributed by atoms with Gasteiger partial charge in [-0.05, 0) is 31.4 Å². The molecule has 1 fully saturated rings. The van der Waals surface area contributed by atoms with Crippen LogP contribution in [-0.4, -0.2) is 20.3 Å². The molecule has 7 heteroatoms. The van der Waals surface area contributed by atoms with Crippen LogP contribution in [0.2, 0.25) is 0 Å². The molecule has 3 N–H and O–H groups in total. The summed E-state index contributed by atoms with van der Waals surface area (Å²) < 4.78 is 10.5. The number of nitrogens with one attached hydrogen (secondary N) is 1. The standard InChI is InChI=1S/C13H13N5O2/c14-13(4-2-5-13)12-15-11(20-18-12)9-7-8(16-17-9)10-3-1-6-19-10/h1,3,6-7H,2,4-5,14H2,(H,16,17). The molecule has 3 aromatic rings. The minimum atomic E-state index is -0.425. The van der Waals surface area contributed by atoms with E-state index in [0.29, 0.717) is 28.9 Å². The lowest BCUT2D eigenvalue weighted by Crippen LogP contribution is -2.44. The van der Waals surface area contributed by atoms with Gasteiger partial charge in [0.2, 0.25) is 0 Å². The molecule has 3 aromatic heterocycles. The van der Waals surface area contributed by atoms with E-state index in [0.717, 1.165) is 19.3 Å². The Morgan fingerprint density at radius 1 is 1.35 bits per heavy atom. The van der Waals surface area contributed by atoms with Crippen molar-refractivity contribution in [2.45, 2.75) is 24.8 Å². The van der Waals surface area contributed by atoms with E-state index < -0.39 is 5.54 Å². The SMILES string of the molecule is NC1(c2noc(-c3cc(-c4ccco4)n[nH]3)n2)CCC1. The zero-order chi connectivity index (χ0) is 13.6. The van der Waals surface area contributed by atoms with Gasteiger partial charge in [-0.25, -0.2) is 0 Å². The van der Waals surface area contributed by atoms with E-state index in [1.54, 1.807) is 12.3 Å². The number of aromatic amines is 1. The second-order valence-corrected chi connectivity index (χ2v) is 5.08. The summed E-state index contributed by atoms with van der Waals surface area (Å²) in [5.41, 5.74) is 7.09. The summed E-state index contributed by atoms with van der Waals surface area (Å²) in [5, 5.41) is 11.0. The zero-order valence-corrected chi connectivity index (χ0v) is 10.7. The number of rotatable bonds is 3. The van der Waals surface area contributed by atoms with Crippen molar-refractivity contribution in [1.82, 2.24) is 20.3 Å². The molecule has 0 spiro atoms. The normalized spacial score (nSPS) is 17.1. The molecule has 7 nitrogen and oxygen atoms in total. The average molecular weight is 271 g/mol. The first kappa shape index (κ1) is 11.4. The Bertz CT molecular complexity index is 724. The summed E-state index contributed by atoms with van der Waals surface area (Å²) in [7, 11) is 0. The summed E-state index contributed by atoms with van der Waals surface area (Å²) in [4.78, 5) is 4.36. The van der Waals surface area contributed by atoms with Crippen molar-refractivity contribution in [2.75, 3.05) is 0 Å². The third-order valence-corrected chi connectivity index (χ3v) is 3.70. The van der Waals surface area contributed by atoms with Crippen molar-refractivity contribution in [3.8, 4) is 23.0 Å². The lowest BCUT2D eigenvalue weighted by molar-refractivity contribution is 0.229. The van der Waals surface area contributed by atoms with E-state index in [9.17, 15) is 0 Å². The van der Waals surface area contributed by atoms with Crippen LogP contribution in [0, 0.1) is 0 Å². The lowest BCUT2D eigenvalue weighted by Gasteiger charge is -2.34. The predicted molar refractivity (Wildman–Crippen MR) is 69.3 cm³/mol. The monoisotopic (exact) mass is 271 g/mol. The molecule has 0 saturated heterocycles. The van der Waals surface area contributed by atoms with Crippen molar-refractivity contribution >= 4 is 0 Å². The fourth-order valence-corrected chi connectivity index (χ4v) is 2.30. The highest BCUT2D eigenvalue weighted by Crippen LogP contribution is 2.37. The van der Waals surface area contributed by atoms with E-state index in [-0.39, 0.29) is 0 Å². The van der Waals surface area contributed by atoms with Gasteiger partial charge in [0.25, 0.3) is 5.89 Å². The molecule has 1 saturated carbocycles. The van der Waals surface area contributed by atoms with Crippen LogP contribution in [0.4, 0.5) is 0 Å². The first-order valence-corrected chi connectivity index (χ1v) is 6.47. The summed E-state index contributed by atoms with van der Waals surface area (Å²) in [5.74, 6) is 1.64. The maximum atomic E-state index is 6.17. The molecule has 0 radical (unpaired) electrons. The van der Waals surface area contributed by atoms with E-state index in [2.05, 4.69) is 20.3 Å². The second-order valence-electron chi connectivity index (χ2n) is 5.08. The quantitative estimate of drug-likeness (QED) is 0.755. The Morgan fingerprint density at radius 2 is 2.25 bits per heavy atom. The number of hydrogen-bond donors (Lipinski definition) is 2.